The number of nitrogens with zero attached hydrogens (tertiary/aromatic N) is 1. The molecule has 1 heterocycles. The first-order valence-corrected chi connectivity index (χ1v) is 10.9. The molecule has 0 radical (unpaired) electrons. The number of hydrogen-bond donors (Lipinski definition) is 0. The quantitative estimate of drug-likeness (QED) is 0.403. The molecule has 6 heteroatoms. The van der Waals surface area contributed by atoms with E-state index >= 15 is 0 Å². The Labute approximate surface area is 164 Å². The van der Waals surface area contributed by atoms with E-state index in [2.05, 4.69) is 0 Å². The Morgan fingerprint density at radius 3 is 2.07 bits per heavy atom. The number of ether oxygens (including phenoxy) is 1. The molecule has 5 aliphatic carbocycles. The van der Waals surface area contributed by atoms with Gasteiger partial charge in [-0.2, -0.15) is 9.78 Å². The van der Waals surface area contributed by atoms with Gasteiger partial charge in [-0.1, -0.05) is 12.1 Å². The molecule has 7 rings (SSSR count). The van der Waals surface area contributed by atoms with E-state index in [9.17, 15) is 10.1 Å². The summed E-state index contributed by atoms with van der Waals surface area (Å²) < 4.78 is 6.76. The molecule has 1 aromatic carbocycles. The molecule has 2 spiro atoms. The summed E-state index contributed by atoms with van der Waals surface area (Å²) in [5, 5.41) is 10.9. The first-order valence-electron chi connectivity index (χ1n) is 10.9. The molecule has 6 fully saturated rings. The Kier molecular flexibility index (Phi) is 3.72. The maximum Gasteiger partial charge on any atom is 0.269 e. The summed E-state index contributed by atoms with van der Waals surface area (Å²) in [6.45, 7) is 0. The van der Waals surface area contributed by atoms with Gasteiger partial charge in [0.05, 0.1) is 4.92 Å². The molecule has 0 amide bonds. The topological polar surface area (TPSA) is 70.8 Å². The smallest absolute Gasteiger partial charge is 0.269 e. The number of nitro groups is 1. The minimum Gasteiger partial charge on any atom is -0.312 e. The molecule has 5 saturated carbocycles. The first-order chi connectivity index (χ1) is 13.6. The van der Waals surface area contributed by atoms with Crippen molar-refractivity contribution in [1.82, 2.24) is 0 Å². The fourth-order valence-electron chi connectivity index (χ4n) is 7.05. The zero-order chi connectivity index (χ0) is 18.9. The third kappa shape index (κ3) is 2.50. The van der Waals surface area contributed by atoms with E-state index in [1.807, 2.05) is 12.1 Å². The molecule has 28 heavy (non-hydrogen) atoms. The predicted octanol–water partition coefficient (Wildman–Crippen LogP) is 5.08. The van der Waals surface area contributed by atoms with Crippen LogP contribution in [0.15, 0.2) is 24.3 Å². The van der Waals surface area contributed by atoms with E-state index in [0.717, 1.165) is 37.5 Å². The van der Waals surface area contributed by atoms with E-state index in [1.54, 1.807) is 12.1 Å². The summed E-state index contributed by atoms with van der Waals surface area (Å²) in [6.07, 6.45) is 9.90. The van der Waals surface area contributed by atoms with Crippen LogP contribution in [0.3, 0.4) is 0 Å². The zero-order valence-electron chi connectivity index (χ0n) is 16.0. The second kappa shape index (κ2) is 6.00. The molecule has 1 aliphatic heterocycles. The van der Waals surface area contributed by atoms with Crippen molar-refractivity contribution in [2.24, 2.45) is 23.7 Å². The summed E-state index contributed by atoms with van der Waals surface area (Å²) in [7, 11) is 0. The lowest BCUT2D eigenvalue weighted by atomic mass is 9.53. The van der Waals surface area contributed by atoms with Gasteiger partial charge in [-0.15, -0.1) is 0 Å². The maximum absolute atomic E-state index is 10.9. The highest BCUT2D eigenvalue weighted by molar-refractivity contribution is 5.34. The maximum atomic E-state index is 10.9. The molecular formula is C22H27NO5. The minimum absolute atomic E-state index is 0.149. The fourth-order valence-corrected chi connectivity index (χ4v) is 7.05. The summed E-state index contributed by atoms with van der Waals surface area (Å²) in [6, 6.07) is 7.00. The van der Waals surface area contributed by atoms with Gasteiger partial charge in [0, 0.05) is 36.8 Å². The second-order valence-electron chi connectivity index (χ2n) is 9.83. The highest BCUT2D eigenvalue weighted by Crippen LogP contribution is 2.64. The van der Waals surface area contributed by atoms with E-state index in [4.69, 9.17) is 14.5 Å². The number of benzene rings is 1. The van der Waals surface area contributed by atoms with Crippen molar-refractivity contribution >= 4 is 5.69 Å². The Balaban J connectivity index is 1.15. The van der Waals surface area contributed by atoms with Crippen molar-refractivity contribution in [2.45, 2.75) is 75.3 Å². The molecule has 0 aromatic heterocycles. The van der Waals surface area contributed by atoms with E-state index < -0.39 is 11.6 Å². The van der Waals surface area contributed by atoms with Gasteiger partial charge in [-0.05, 0) is 68.3 Å². The van der Waals surface area contributed by atoms with Crippen molar-refractivity contribution < 1.29 is 19.4 Å². The van der Waals surface area contributed by atoms with Gasteiger partial charge in [-0.25, -0.2) is 0 Å². The van der Waals surface area contributed by atoms with Gasteiger partial charge in [-0.3, -0.25) is 10.1 Å². The molecule has 4 bridgehead atoms. The number of nitro benzene ring substituents is 1. The molecule has 0 unspecified atom stereocenters. The van der Waals surface area contributed by atoms with Crippen LogP contribution in [0.5, 0.6) is 0 Å². The lowest BCUT2D eigenvalue weighted by Gasteiger charge is -2.57. The summed E-state index contributed by atoms with van der Waals surface area (Å²) >= 11 is 0. The lowest BCUT2D eigenvalue weighted by Crippen LogP contribution is -2.59. The molecule has 6 nitrogen and oxygen atoms in total. The monoisotopic (exact) mass is 385 g/mol. The highest BCUT2D eigenvalue weighted by atomic mass is 17.3. The predicted molar refractivity (Wildman–Crippen MR) is 100 cm³/mol. The van der Waals surface area contributed by atoms with Crippen LogP contribution < -0.4 is 0 Å². The second-order valence-corrected chi connectivity index (χ2v) is 9.83. The van der Waals surface area contributed by atoms with Gasteiger partial charge in [0.2, 0.25) is 11.6 Å². The van der Waals surface area contributed by atoms with Crippen LogP contribution in [0.4, 0.5) is 5.69 Å². The number of non-ortho nitro benzene ring substituents is 1. The molecular weight excluding hydrogens is 358 g/mol. The molecule has 1 aromatic rings. The first kappa shape index (κ1) is 17.4. The van der Waals surface area contributed by atoms with E-state index in [1.165, 1.54) is 37.7 Å². The molecule has 0 atom stereocenters. The molecule has 0 N–H and O–H groups in total. The molecule has 6 aliphatic rings. The Morgan fingerprint density at radius 2 is 1.50 bits per heavy atom. The average molecular weight is 385 g/mol. The van der Waals surface area contributed by atoms with Crippen LogP contribution in [-0.4, -0.2) is 16.5 Å². The van der Waals surface area contributed by atoms with E-state index in [0.29, 0.717) is 17.8 Å². The van der Waals surface area contributed by atoms with Crippen molar-refractivity contribution in [2.75, 3.05) is 0 Å². The third-order valence-corrected chi connectivity index (χ3v) is 8.27. The van der Waals surface area contributed by atoms with Gasteiger partial charge < -0.3 is 4.74 Å². The van der Waals surface area contributed by atoms with Crippen LogP contribution in [-0.2, 0) is 14.5 Å². The van der Waals surface area contributed by atoms with Gasteiger partial charge in [0.15, 0.2) is 0 Å². The van der Waals surface area contributed by atoms with Crippen molar-refractivity contribution in [3.63, 3.8) is 0 Å². The number of rotatable bonds is 2. The minimum atomic E-state index is -0.591. The normalized spacial score (nSPS) is 46.5. The standard InChI is InChI=1S/C22H27NO5/c24-23(25)20-3-1-16(2-4-20)17-5-7-21(8-6-17)26-22(28-27-21)18-10-14-9-15(12-18)13-19(22)11-14/h1-4,14-15,17-19H,5-13H2/t14?,15?,17-,18?,19?,21+,22-. The SMILES string of the molecule is O=[N+]([O-])c1ccc([C@H]2CC[C@]3(CC2)OO[C@]2(O3)C3CC4CC(C3)CC2C4)cc1. The highest BCUT2D eigenvalue weighted by Gasteiger charge is 2.66. The molecule has 150 valence electrons. The number of hydrogen-bond acceptors (Lipinski definition) is 5. The molecule has 1 saturated heterocycles. The van der Waals surface area contributed by atoms with Crippen LogP contribution in [0, 0.1) is 33.8 Å². The van der Waals surface area contributed by atoms with Crippen LogP contribution in [0.2, 0.25) is 0 Å². The fraction of sp³-hybridized carbons (Fsp3) is 0.727. The zero-order valence-corrected chi connectivity index (χ0v) is 16.0. The Morgan fingerprint density at radius 1 is 0.893 bits per heavy atom. The average Bonchev–Trinajstić information content (AvgIpc) is 3.06. The van der Waals surface area contributed by atoms with Gasteiger partial charge in [0.1, 0.15) is 0 Å². The summed E-state index contributed by atoms with van der Waals surface area (Å²) in [5.74, 6) is 2.05. The van der Waals surface area contributed by atoms with Gasteiger partial charge in [0.25, 0.3) is 5.69 Å². The summed E-state index contributed by atoms with van der Waals surface area (Å²) in [5.41, 5.74) is 1.32. The van der Waals surface area contributed by atoms with Gasteiger partial charge >= 0.3 is 0 Å². The van der Waals surface area contributed by atoms with Crippen molar-refractivity contribution in [3.8, 4) is 0 Å². The van der Waals surface area contributed by atoms with Crippen LogP contribution in [0.25, 0.3) is 0 Å². The summed E-state index contributed by atoms with van der Waals surface area (Å²) in [4.78, 5) is 22.6. The van der Waals surface area contributed by atoms with Crippen molar-refractivity contribution in [1.29, 1.82) is 0 Å². The van der Waals surface area contributed by atoms with E-state index in [-0.39, 0.29) is 10.6 Å². The third-order valence-electron chi connectivity index (χ3n) is 8.27. The Hall–Kier alpha value is -1.50. The van der Waals surface area contributed by atoms with Crippen molar-refractivity contribution in [3.05, 3.63) is 39.9 Å². The largest absolute Gasteiger partial charge is 0.312 e. The van der Waals surface area contributed by atoms with Crippen LogP contribution >= 0.6 is 0 Å². The Bertz CT molecular complexity index is 755. The lowest BCUT2D eigenvalue weighted by molar-refractivity contribution is -0.390. The van der Waals surface area contributed by atoms with Crippen LogP contribution in [0.1, 0.15) is 69.3 Å².